The number of halogens is 2. The topological polar surface area (TPSA) is 61.7 Å². The van der Waals surface area contributed by atoms with Gasteiger partial charge >= 0.3 is 0 Å². The number of phenols is 1. The van der Waals surface area contributed by atoms with E-state index in [1.54, 1.807) is 30.3 Å². The first-order valence-electron chi connectivity index (χ1n) is 6.23. The molecule has 0 heterocycles. The molecule has 0 aromatic heterocycles. The number of aromatic hydroxyl groups is 1. The van der Waals surface area contributed by atoms with Crippen molar-refractivity contribution in [2.45, 2.75) is 4.90 Å². The van der Waals surface area contributed by atoms with E-state index in [0.29, 0.717) is 5.02 Å². The molecule has 2 rings (SSSR count). The quantitative estimate of drug-likeness (QED) is 0.317. The van der Waals surface area contributed by atoms with Crippen molar-refractivity contribution in [1.82, 2.24) is 5.43 Å². The minimum absolute atomic E-state index is 0.190. The lowest BCUT2D eigenvalue weighted by Gasteiger charge is -2.01. The SMILES string of the molecule is O=C(CSc1ccc(Cl)cc1)N/N=C\c1ccc(O)c(I)c1. The standard InChI is InChI=1S/C15H12ClIN2O2S/c16-11-2-4-12(5-3-11)22-9-15(21)19-18-8-10-1-6-14(20)13(17)7-10/h1-8,20H,9H2,(H,19,21)/b18-8-. The van der Waals surface area contributed by atoms with Crippen LogP contribution in [-0.4, -0.2) is 23.0 Å². The average molecular weight is 447 g/mol. The molecule has 0 aliphatic carbocycles. The third-order valence-electron chi connectivity index (χ3n) is 2.56. The summed E-state index contributed by atoms with van der Waals surface area (Å²) in [7, 11) is 0. The van der Waals surface area contributed by atoms with Gasteiger partial charge in [0.15, 0.2) is 0 Å². The number of nitrogens with zero attached hydrogens (tertiary/aromatic N) is 1. The highest BCUT2D eigenvalue weighted by Gasteiger charge is 2.02. The largest absolute Gasteiger partial charge is 0.507 e. The van der Waals surface area contributed by atoms with E-state index < -0.39 is 0 Å². The minimum atomic E-state index is -0.190. The molecule has 22 heavy (non-hydrogen) atoms. The van der Waals surface area contributed by atoms with Crippen LogP contribution in [0.4, 0.5) is 0 Å². The second-order valence-corrected chi connectivity index (χ2v) is 6.89. The number of carbonyl (C=O) groups is 1. The van der Waals surface area contributed by atoms with Gasteiger partial charge in [0.05, 0.1) is 15.5 Å². The molecule has 0 bridgehead atoms. The third kappa shape index (κ3) is 5.51. The maximum absolute atomic E-state index is 11.7. The van der Waals surface area contributed by atoms with Crippen molar-refractivity contribution in [3.8, 4) is 5.75 Å². The van der Waals surface area contributed by atoms with Gasteiger partial charge in [-0.25, -0.2) is 5.43 Å². The molecule has 2 N–H and O–H groups in total. The summed E-state index contributed by atoms with van der Waals surface area (Å²) in [5.41, 5.74) is 3.26. The van der Waals surface area contributed by atoms with Gasteiger partial charge in [-0.3, -0.25) is 4.79 Å². The highest BCUT2D eigenvalue weighted by atomic mass is 127. The average Bonchev–Trinajstić information content (AvgIpc) is 2.50. The Kier molecular flexibility index (Phi) is 6.53. The Morgan fingerprint density at radius 1 is 1.32 bits per heavy atom. The van der Waals surface area contributed by atoms with E-state index in [-0.39, 0.29) is 17.4 Å². The van der Waals surface area contributed by atoms with Crippen LogP contribution >= 0.6 is 46.0 Å². The van der Waals surface area contributed by atoms with E-state index in [4.69, 9.17) is 11.6 Å². The number of hydrogen-bond acceptors (Lipinski definition) is 4. The summed E-state index contributed by atoms with van der Waals surface area (Å²) in [6, 6.07) is 12.4. The van der Waals surface area contributed by atoms with Crippen LogP contribution in [0, 0.1) is 3.57 Å². The molecule has 0 saturated heterocycles. The summed E-state index contributed by atoms with van der Waals surface area (Å²) in [6.07, 6.45) is 1.53. The number of rotatable bonds is 5. The molecular weight excluding hydrogens is 435 g/mol. The van der Waals surface area contributed by atoms with E-state index in [2.05, 4.69) is 10.5 Å². The Morgan fingerprint density at radius 2 is 2.05 bits per heavy atom. The molecule has 2 aromatic rings. The van der Waals surface area contributed by atoms with Crippen LogP contribution in [0.5, 0.6) is 5.75 Å². The Morgan fingerprint density at radius 3 is 2.73 bits per heavy atom. The van der Waals surface area contributed by atoms with E-state index in [9.17, 15) is 9.90 Å². The number of hydrazone groups is 1. The third-order valence-corrected chi connectivity index (χ3v) is 4.69. The molecular formula is C15H12ClIN2O2S. The first kappa shape index (κ1) is 17.1. The fraction of sp³-hybridized carbons (Fsp3) is 0.0667. The maximum Gasteiger partial charge on any atom is 0.250 e. The molecule has 0 aliphatic heterocycles. The number of nitrogens with one attached hydrogen (secondary N) is 1. The zero-order valence-electron chi connectivity index (χ0n) is 11.3. The Balaban J connectivity index is 1.80. The predicted molar refractivity (Wildman–Crippen MR) is 98.7 cm³/mol. The van der Waals surface area contributed by atoms with Crippen molar-refractivity contribution in [2.24, 2.45) is 5.10 Å². The van der Waals surface area contributed by atoms with Crippen LogP contribution < -0.4 is 5.43 Å². The van der Waals surface area contributed by atoms with E-state index in [1.807, 2.05) is 34.7 Å². The van der Waals surface area contributed by atoms with Crippen LogP contribution in [-0.2, 0) is 4.79 Å². The van der Waals surface area contributed by atoms with Crippen LogP contribution in [0.1, 0.15) is 5.56 Å². The van der Waals surface area contributed by atoms with Crippen LogP contribution in [0.2, 0.25) is 5.02 Å². The number of phenolic OH excluding ortho intramolecular Hbond substituents is 1. The summed E-state index contributed by atoms with van der Waals surface area (Å²) in [5.74, 6) is 0.303. The molecule has 2 aromatic carbocycles. The van der Waals surface area contributed by atoms with Crippen molar-refractivity contribution < 1.29 is 9.90 Å². The monoisotopic (exact) mass is 446 g/mol. The molecule has 0 fully saturated rings. The molecule has 7 heteroatoms. The van der Waals surface area contributed by atoms with Gasteiger partial charge in [0, 0.05) is 9.92 Å². The van der Waals surface area contributed by atoms with Gasteiger partial charge in [0.25, 0.3) is 0 Å². The number of benzene rings is 2. The predicted octanol–water partition coefficient (Wildman–Crippen LogP) is 3.89. The van der Waals surface area contributed by atoms with Crippen molar-refractivity contribution in [3.05, 3.63) is 56.6 Å². The van der Waals surface area contributed by atoms with Gasteiger partial charge in [0.2, 0.25) is 5.91 Å². The van der Waals surface area contributed by atoms with Gasteiger partial charge in [0.1, 0.15) is 5.75 Å². The molecule has 0 saturated carbocycles. The molecule has 114 valence electrons. The fourth-order valence-corrected chi connectivity index (χ4v) is 2.85. The molecule has 0 spiro atoms. The summed E-state index contributed by atoms with van der Waals surface area (Å²) in [6.45, 7) is 0. The number of hydrogen-bond donors (Lipinski definition) is 2. The molecule has 0 radical (unpaired) electrons. The fourth-order valence-electron chi connectivity index (χ4n) is 1.49. The van der Waals surface area contributed by atoms with Gasteiger partial charge in [-0.05, 0) is 70.6 Å². The molecule has 4 nitrogen and oxygen atoms in total. The van der Waals surface area contributed by atoms with E-state index in [0.717, 1.165) is 14.0 Å². The summed E-state index contributed by atoms with van der Waals surface area (Å²) < 4.78 is 0.728. The number of carbonyl (C=O) groups excluding carboxylic acids is 1. The zero-order chi connectivity index (χ0) is 15.9. The van der Waals surface area contributed by atoms with Crippen molar-refractivity contribution in [3.63, 3.8) is 0 Å². The molecule has 1 amide bonds. The van der Waals surface area contributed by atoms with Crippen LogP contribution in [0.3, 0.4) is 0 Å². The Labute approximate surface area is 151 Å². The lowest BCUT2D eigenvalue weighted by atomic mass is 10.2. The second-order valence-electron chi connectivity index (χ2n) is 4.25. The molecule has 0 unspecified atom stereocenters. The second kappa shape index (κ2) is 8.40. The summed E-state index contributed by atoms with van der Waals surface area (Å²) >= 11 is 9.23. The number of thioether (sulfide) groups is 1. The van der Waals surface area contributed by atoms with E-state index in [1.165, 1.54) is 18.0 Å². The van der Waals surface area contributed by atoms with Gasteiger partial charge in [-0.2, -0.15) is 5.10 Å². The van der Waals surface area contributed by atoms with Gasteiger partial charge in [-0.15, -0.1) is 11.8 Å². The van der Waals surface area contributed by atoms with Gasteiger partial charge in [-0.1, -0.05) is 11.6 Å². The number of amides is 1. The van der Waals surface area contributed by atoms with Crippen molar-refractivity contribution in [2.75, 3.05) is 5.75 Å². The lowest BCUT2D eigenvalue weighted by Crippen LogP contribution is -2.19. The van der Waals surface area contributed by atoms with E-state index >= 15 is 0 Å². The van der Waals surface area contributed by atoms with Crippen LogP contribution in [0.15, 0.2) is 52.5 Å². The minimum Gasteiger partial charge on any atom is -0.507 e. The molecule has 0 atom stereocenters. The normalized spacial score (nSPS) is 10.8. The van der Waals surface area contributed by atoms with Crippen molar-refractivity contribution in [1.29, 1.82) is 0 Å². The summed E-state index contributed by atoms with van der Waals surface area (Å²) in [5, 5.41) is 14.0. The first-order valence-corrected chi connectivity index (χ1v) is 8.67. The highest BCUT2D eigenvalue weighted by Crippen LogP contribution is 2.20. The smallest absolute Gasteiger partial charge is 0.250 e. The Hall–Kier alpha value is -1.25. The Bertz CT molecular complexity index is 692. The lowest BCUT2D eigenvalue weighted by molar-refractivity contribution is -0.118. The highest BCUT2D eigenvalue weighted by molar-refractivity contribution is 14.1. The van der Waals surface area contributed by atoms with Crippen molar-refractivity contribution >= 4 is 58.1 Å². The first-order chi connectivity index (χ1) is 10.5. The van der Waals surface area contributed by atoms with Crippen LogP contribution in [0.25, 0.3) is 0 Å². The van der Waals surface area contributed by atoms with Gasteiger partial charge < -0.3 is 5.11 Å². The molecule has 0 aliphatic rings. The zero-order valence-corrected chi connectivity index (χ0v) is 15.0. The maximum atomic E-state index is 11.7. The summed E-state index contributed by atoms with van der Waals surface area (Å²) in [4.78, 5) is 12.7.